The van der Waals surface area contributed by atoms with Crippen LogP contribution in [-0.2, 0) is 23.1 Å². The molecule has 3 aliphatic rings. The Kier molecular flexibility index (Phi) is 4.43. The average molecular weight is 319 g/mol. The van der Waals surface area contributed by atoms with Gasteiger partial charge in [0.05, 0.1) is 18.9 Å². The minimum atomic E-state index is 0.202. The van der Waals surface area contributed by atoms with Crippen molar-refractivity contribution in [3.8, 4) is 0 Å². The molecule has 0 bridgehead atoms. The van der Waals surface area contributed by atoms with Gasteiger partial charge in [-0.1, -0.05) is 0 Å². The first kappa shape index (κ1) is 15.6. The van der Waals surface area contributed by atoms with Gasteiger partial charge in [0, 0.05) is 57.1 Å². The second-order valence-electron chi connectivity index (χ2n) is 7.81. The summed E-state index contributed by atoms with van der Waals surface area (Å²) < 4.78 is 14.2. The van der Waals surface area contributed by atoms with Crippen LogP contribution in [0.15, 0.2) is 12.4 Å². The van der Waals surface area contributed by atoms with Crippen LogP contribution in [0.1, 0.15) is 37.7 Å². The molecule has 3 fully saturated rings. The smallest absolute Gasteiger partial charge is 0.0677 e. The van der Waals surface area contributed by atoms with E-state index < -0.39 is 0 Å². The Bertz CT molecular complexity index is 528. The normalized spacial score (nSPS) is 32.0. The van der Waals surface area contributed by atoms with E-state index >= 15 is 0 Å². The Hall–Kier alpha value is -0.910. The van der Waals surface area contributed by atoms with E-state index in [2.05, 4.69) is 16.2 Å². The molecule has 0 radical (unpaired) electrons. The van der Waals surface area contributed by atoms with Gasteiger partial charge in [-0.25, -0.2) is 0 Å². The van der Waals surface area contributed by atoms with E-state index in [1.54, 1.807) is 0 Å². The topological polar surface area (TPSA) is 39.5 Å². The molecule has 2 aliphatic heterocycles. The van der Waals surface area contributed by atoms with Gasteiger partial charge in [0.2, 0.25) is 0 Å². The highest BCUT2D eigenvalue weighted by atomic mass is 16.5. The largest absolute Gasteiger partial charge is 0.380 e. The second kappa shape index (κ2) is 6.54. The van der Waals surface area contributed by atoms with Crippen molar-refractivity contribution in [1.29, 1.82) is 0 Å². The van der Waals surface area contributed by atoms with Crippen LogP contribution < -0.4 is 0 Å². The summed E-state index contributed by atoms with van der Waals surface area (Å²) >= 11 is 0. The minimum absolute atomic E-state index is 0.202. The molecule has 1 aromatic heterocycles. The van der Waals surface area contributed by atoms with Crippen molar-refractivity contribution in [2.75, 3.05) is 32.9 Å². The van der Waals surface area contributed by atoms with Gasteiger partial charge in [0.25, 0.3) is 0 Å². The number of aromatic nitrogens is 2. The molecule has 1 aromatic rings. The van der Waals surface area contributed by atoms with E-state index in [9.17, 15) is 0 Å². The highest BCUT2D eigenvalue weighted by Crippen LogP contribution is 2.41. The van der Waals surface area contributed by atoms with Gasteiger partial charge >= 0.3 is 0 Å². The van der Waals surface area contributed by atoms with E-state index in [0.29, 0.717) is 6.10 Å². The van der Waals surface area contributed by atoms with E-state index in [1.165, 1.54) is 31.2 Å². The van der Waals surface area contributed by atoms with Gasteiger partial charge in [-0.2, -0.15) is 5.10 Å². The maximum atomic E-state index is 6.14. The highest BCUT2D eigenvalue weighted by Gasteiger charge is 2.46. The quantitative estimate of drug-likeness (QED) is 0.806. The molecule has 1 saturated carbocycles. The van der Waals surface area contributed by atoms with E-state index in [4.69, 9.17) is 9.47 Å². The van der Waals surface area contributed by atoms with Gasteiger partial charge in [-0.15, -0.1) is 0 Å². The zero-order chi connectivity index (χ0) is 15.7. The van der Waals surface area contributed by atoms with Crippen molar-refractivity contribution in [2.45, 2.75) is 44.8 Å². The Labute approximate surface area is 138 Å². The molecule has 5 nitrogen and oxygen atoms in total. The van der Waals surface area contributed by atoms with Crippen LogP contribution >= 0.6 is 0 Å². The Morgan fingerprint density at radius 3 is 3.09 bits per heavy atom. The van der Waals surface area contributed by atoms with Crippen LogP contribution in [-0.4, -0.2) is 53.7 Å². The molecule has 3 heterocycles. The molecule has 0 N–H and O–H groups in total. The third-order valence-corrected chi connectivity index (χ3v) is 5.67. The molecule has 128 valence electrons. The Balaban J connectivity index is 1.40. The lowest BCUT2D eigenvalue weighted by molar-refractivity contribution is -0.154. The predicted molar refractivity (Wildman–Crippen MR) is 88.1 cm³/mol. The first-order chi connectivity index (χ1) is 11.2. The standard InChI is InChI=1S/C18H29N3O2/c1-20-10-16(9-19-20)11-21-7-5-17-18(13-21,6-2-8-23-17)14-22-12-15-3-4-15/h9-10,15,17H,2-8,11-14H2,1H3/t17-,18-/m1/s1. The molecule has 0 spiro atoms. The number of rotatable bonds is 6. The summed E-state index contributed by atoms with van der Waals surface area (Å²) in [4.78, 5) is 2.57. The van der Waals surface area contributed by atoms with Crippen molar-refractivity contribution in [3.63, 3.8) is 0 Å². The monoisotopic (exact) mass is 319 g/mol. The highest BCUT2D eigenvalue weighted by molar-refractivity contribution is 5.05. The number of nitrogens with zero attached hydrogens (tertiary/aromatic N) is 3. The molecule has 0 amide bonds. The molecule has 4 rings (SSSR count). The average Bonchev–Trinajstić information content (AvgIpc) is 3.28. The zero-order valence-corrected chi connectivity index (χ0v) is 14.2. The fraction of sp³-hybridized carbons (Fsp3) is 0.833. The SMILES string of the molecule is Cn1cc(CN2CC[C@H]3OCCC[C@]3(COCC3CC3)C2)cn1. The van der Waals surface area contributed by atoms with Crippen LogP contribution in [0, 0.1) is 11.3 Å². The Morgan fingerprint density at radius 1 is 1.39 bits per heavy atom. The van der Waals surface area contributed by atoms with Gasteiger partial charge in [0.15, 0.2) is 0 Å². The molecule has 0 aromatic carbocycles. The summed E-state index contributed by atoms with van der Waals surface area (Å²) in [6, 6.07) is 0. The third-order valence-electron chi connectivity index (χ3n) is 5.67. The number of ether oxygens (including phenoxy) is 2. The van der Waals surface area contributed by atoms with Crippen LogP contribution in [0.25, 0.3) is 0 Å². The Morgan fingerprint density at radius 2 is 2.30 bits per heavy atom. The lowest BCUT2D eigenvalue weighted by atomic mass is 9.73. The molecule has 5 heteroatoms. The van der Waals surface area contributed by atoms with Crippen molar-refractivity contribution in [2.24, 2.45) is 18.4 Å². The van der Waals surface area contributed by atoms with Gasteiger partial charge < -0.3 is 9.47 Å². The van der Waals surface area contributed by atoms with Crippen LogP contribution in [0.3, 0.4) is 0 Å². The number of hydrogen-bond acceptors (Lipinski definition) is 4. The number of piperidine rings is 1. The molecule has 1 aliphatic carbocycles. The third kappa shape index (κ3) is 3.62. The summed E-state index contributed by atoms with van der Waals surface area (Å²) in [7, 11) is 1.98. The van der Waals surface area contributed by atoms with Crippen molar-refractivity contribution in [3.05, 3.63) is 18.0 Å². The summed E-state index contributed by atoms with van der Waals surface area (Å²) in [6.07, 6.45) is 10.8. The maximum absolute atomic E-state index is 6.14. The summed E-state index contributed by atoms with van der Waals surface area (Å²) in [6.45, 7) is 5.96. The van der Waals surface area contributed by atoms with Gasteiger partial charge in [-0.3, -0.25) is 9.58 Å². The minimum Gasteiger partial charge on any atom is -0.380 e. The number of likely N-dealkylation sites (tertiary alicyclic amines) is 1. The first-order valence-electron chi connectivity index (χ1n) is 9.13. The van der Waals surface area contributed by atoms with Crippen molar-refractivity contribution >= 4 is 0 Å². The lowest BCUT2D eigenvalue weighted by Gasteiger charge is -2.50. The second-order valence-corrected chi connectivity index (χ2v) is 7.81. The summed E-state index contributed by atoms with van der Waals surface area (Å²) in [5.41, 5.74) is 1.50. The molecular formula is C18H29N3O2. The zero-order valence-electron chi connectivity index (χ0n) is 14.2. The fourth-order valence-electron chi connectivity index (χ4n) is 4.25. The number of hydrogen-bond donors (Lipinski definition) is 0. The van der Waals surface area contributed by atoms with Gasteiger partial charge in [-0.05, 0) is 38.0 Å². The van der Waals surface area contributed by atoms with Crippen molar-refractivity contribution in [1.82, 2.24) is 14.7 Å². The maximum Gasteiger partial charge on any atom is 0.0677 e. The number of fused-ring (bicyclic) bond motifs is 1. The molecular weight excluding hydrogens is 290 g/mol. The van der Waals surface area contributed by atoms with E-state index in [-0.39, 0.29) is 5.41 Å². The molecule has 0 unspecified atom stereocenters. The van der Waals surface area contributed by atoms with Gasteiger partial charge in [0.1, 0.15) is 0 Å². The van der Waals surface area contributed by atoms with Crippen LogP contribution in [0.2, 0.25) is 0 Å². The van der Waals surface area contributed by atoms with E-state index in [1.807, 2.05) is 17.9 Å². The summed E-state index contributed by atoms with van der Waals surface area (Å²) in [5, 5.41) is 4.30. The van der Waals surface area contributed by atoms with E-state index in [0.717, 1.165) is 51.8 Å². The molecule has 23 heavy (non-hydrogen) atoms. The lowest BCUT2D eigenvalue weighted by Crippen LogP contribution is -2.56. The first-order valence-corrected chi connectivity index (χ1v) is 9.13. The molecule has 2 atom stereocenters. The molecule has 2 saturated heterocycles. The van der Waals surface area contributed by atoms with Crippen LogP contribution in [0.4, 0.5) is 0 Å². The number of aryl methyl sites for hydroxylation is 1. The fourth-order valence-corrected chi connectivity index (χ4v) is 4.25. The van der Waals surface area contributed by atoms with Crippen LogP contribution in [0.5, 0.6) is 0 Å². The van der Waals surface area contributed by atoms with Crippen molar-refractivity contribution < 1.29 is 9.47 Å². The summed E-state index contributed by atoms with van der Waals surface area (Å²) in [5.74, 6) is 0.837. The predicted octanol–water partition coefficient (Wildman–Crippen LogP) is 2.22.